The lowest BCUT2D eigenvalue weighted by molar-refractivity contribution is -0.146. The number of benzene rings is 3. The summed E-state index contributed by atoms with van der Waals surface area (Å²) in [6.07, 6.45) is 1.16. The zero-order valence-electron chi connectivity index (χ0n) is 21.0. The van der Waals surface area contributed by atoms with E-state index in [1.165, 1.54) is 0 Å². The van der Waals surface area contributed by atoms with E-state index in [0.29, 0.717) is 22.8 Å². The number of carboxylic acids is 1. The highest BCUT2D eigenvalue weighted by atomic mass is 16.5. The fourth-order valence-electron chi connectivity index (χ4n) is 4.50. The van der Waals surface area contributed by atoms with Crippen molar-refractivity contribution in [3.63, 3.8) is 0 Å². The van der Waals surface area contributed by atoms with Crippen molar-refractivity contribution in [1.82, 2.24) is 9.38 Å². The summed E-state index contributed by atoms with van der Waals surface area (Å²) in [4.78, 5) is 29.4. The predicted molar refractivity (Wildman–Crippen MR) is 143 cm³/mol. The molecule has 2 heterocycles. The van der Waals surface area contributed by atoms with E-state index in [1.54, 1.807) is 37.6 Å². The van der Waals surface area contributed by atoms with Crippen LogP contribution in [0.4, 0.5) is 0 Å². The van der Waals surface area contributed by atoms with Crippen LogP contribution in [-0.2, 0) is 16.0 Å². The first-order chi connectivity index (χ1) is 18.4. The Hall–Kier alpha value is -4.91. The molecule has 7 nitrogen and oxygen atoms in total. The van der Waals surface area contributed by atoms with Gasteiger partial charge in [0.1, 0.15) is 5.65 Å². The Bertz CT molecular complexity index is 1610. The van der Waals surface area contributed by atoms with Gasteiger partial charge in [-0.15, -0.1) is 0 Å². The number of hydrogen-bond acceptors (Lipinski definition) is 5. The van der Waals surface area contributed by atoms with E-state index in [2.05, 4.69) is 4.98 Å². The molecule has 0 spiro atoms. The number of nitrogens with zero attached hydrogens (tertiary/aromatic N) is 2. The number of aryl methyl sites for hydroxylation is 1. The second kappa shape index (κ2) is 10.6. The van der Waals surface area contributed by atoms with Gasteiger partial charge in [0, 0.05) is 0 Å². The first-order valence-electron chi connectivity index (χ1n) is 12.1. The summed E-state index contributed by atoms with van der Waals surface area (Å²) in [5.41, 5.74) is 5.54. The lowest BCUT2D eigenvalue weighted by Gasteiger charge is -2.21. The molecule has 38 heavy (non-hydrogen) atoms. The van der Waals surface area contributed by atoms with E-state index in [1.807, 2.05) is 78.1 Å². The van der Waals surface area contributed by atoms with Crippen LogP contribution in [0.1, 0.15) is 38.8 Å². The summed E-state index contributed by atoms with van der Waals surface area (Å²) in [5.74, 6) is -0.911. The van der Waals surface area contributed by atoms with Gasteiger partial charge in [-0.1, -0.05) is 78.9 Å². The molecule has 0 unspecified atom stereocenters. The minimum Gasteiger partial charge on any atom is -0.480 e. The van der Waals surface area contributed by atoms with E-state index in [4.69, 9.17) is 9.47 Å². The van der Waals surface area contributed by atoms with Gasteiger partial charge < -0.3 is 14.6 Å². The third kappa shape index (κ3) is 4.99. The number of fused-ring (bicyclic) bond motifs is 1. The lowest BCUT2D eigenvalue weighted by Crippen LogP contribution is -2.17. The van der Waals surface area contributed by atoms with Gasteiger partial charge in [-0.2, -0.15) is 4.98 Å². The number of aromatic carboxylic acids is 1. The molecular weight excluding hydrogens is 480 g/mol. The zero-order chi connectivity index (χ0) is 26.6. The number of pyridine rings is 1. The molecule has 0 saturated carbocycles. The molecular formula is C31H26N2O5. The maximum Gasteiger partial charge on any atom is 0.336 e. The number of esters is 1. The lowest BCUT2D eigenvalue weighted by atomic mass is 9.96. The maximum atomic E-state index is 13.1. The van der Waals surface area contributed by atoms with Crippen LogP contribution in [0.2, 0.25) is 0 Å². The Morgan fingerprint density at radius 1 is 0.921 bits per heavy atom. The number of ether oxygens (including phenoxy) is 2. The SMILES string of the molecule is COc1cn2c([C@H](OC(=O)Cc3ccccc3)c3ccc(-c4ccccc4C(=O)O)cc3)ccc(C)c2n1. The van der Waals surface area contributed by atoms with Gasteiger partial charge in [0.25, 0.3) is 0 Å². The van der Waals surface area contributed by atoms with Crippen LogP contribution >= 0.6 is 0 Å². The van der Waals surface area contributed by atoms with E-state index in [9.17, 15) is 14.7 Å². The Balaban J connectivity index is 1.56. The number of aromatic nitrogens is 2. The van der Waals surface area contributed by atoms with Crippen molar-refractivity contribution >= 4 is 17.6 Å². The van der Waals surface area contributed by atoms with Crippen LogP contribution in [-0.4, -0.2) is 33.5 Å². The standard InChI is InChI=1S/C31H26N2O5/c1-20-12-17-26(33-19-27(37-2)32-30(20)33)29(38-28(34)18-21-8-4-3-5-9-21)23-15-13-22(14-16-23)24-10-6-7-11-25(24)31(35)36/h3-17,19,29H,18H2,1-2H3,(H,35,36)/t29-/m1/s1. The zero-order valence-corrected chi connectivity index (χ0v) is 21.0. The number of rotatable bonds is 8. The molecule has 5 aromatic rings. The monoisotopic (exact) mass is 506 g/mol. The fraction of sp³-hybridized carbons (Fsp3) is 0.129. The second-order valence-electron chi connectivity index (χ2n) is 8.92. The Morgan fingerprint density at radius 2 is 1.63 bits per heavy atom. The van der Waals surface area contributed by atoms with Crippen molar-refractivity contribution < 1.29 is 24.2 Å². The normalized spacial score (nSPS) is 11.7. The minimum absolute atomic E-state index is 0.129. The molecule has 0 aliphatic heterocycles. The summed E-state index contributed by atoms with van der Waals surface area (Å²) in [6, 6.07) is 27.5. The number of hydrogen-bond donors (Lipinski definition) is 1. The van der Waals surface area contributed by atoms with Crippen molar-refractivity contribution in [2.24, 2.45) is 0 Å². The molecule has 1 atom stereocenters. The van der Waals surface area contributed by atoms with Crippen molar-refractivity contribution in [2.75, 3.05) is 7.11 Å². The molecule has 0 amide bonds. The van der Waals surface area contributed by atoms with Crippen LogP contribution in [0, 0.1) is 6.92 Å². The van der Waals surface area contributed by atoms with Crippen molar-refractivity contribution in [1.29, 1.82) is 0 Å². The average molecular weight is 507 g/mol. The number of carboxylic acid groups (broad SMARTS) is 1. The van der Waals surface area contributed by atoms with Gasteiger partial charge in [0.05, 0.1) is 31.0 Å². The van der Waals surface area contributed by atoms with E-state index >= 15 is 0 Å². The molecule has 0 aliphatic rings. The molecule has 1 N–H and O–H groups in total. The van der Waals surface area contributed by atoms with Crippen LogP contribution < -0.4 is 4.74 Å². The average Bonchev–Trinajstić information content (AvgIpc) is 3.39. The van der Waals surface area contributed by atoms with E-state index in [0.717, 1.165) is 22.3 Å². The summed E-state index contributed by atoms with van der Waals surface area (Å²) < 4.78 is 13.3. The Kier molecular flexibility index (Phi) is 6.91. The van der Waals surface area contributed by atoms with Crippen molar-refractivity contribution in [3.8, 4) is 17.0 Å². The Morgan fingerprint density at radius 3 is 2.34 bits per heavy atom. The molecule has 0 fully saturated rings. The van der Waals surface area contributed by atoms with E-state index < -0.39 is 12.1 Å². The molecule has 7 heteroatoms. The largest absolute Gasteiger partial charge is 0.480 e. The van der Waals surface area contributed by atoms with Gasteiger partial charge in [-0.25, -0.2) is 4.79 Å². The van der Waals surface area contributed by atoms with Gasteiger partial charge >= 0.3 is 11.9 Å². The van der Waals surface area contributed by atoms with Gasteiger partial charge in [-0.3, -0.25) is 9.20 Å². The van der Waals surface area contributed by atoms with Crippen LogP contribution in [0.5, 0.6) is 5.88 Å². The smallest absolute Gasteiger partial charge is 0.336 e. The highest BCUT2D eigenvalue weighted by Gasteiger charge is 2.24. The highest BCUT2D eigenvalue weighted by Crippen LogP contribution is 2.32. The predicted octanol–water partition coefficient (Wildman–Crippen LogP) is 5.89. The van der Waals surface area contributed by atoms with Crippen molar-refractivity contribution in [3.05, 3.63) is 125 Å². The first kappa shape index (κ1) is 24.8. The summed E-state index contributed by atoms with van der Waals surface area (Å²) in [5, 5.41) is 9.61. The topological polar surface area (TPSA) is 90.1 Å². The fourth-order valence-corrected chi connectivity index (χ4v) is 4.50. The first-order valence-corrected chi connectivity index (χ1v) is 12.1. The third-order valence-corrected chi connectivity index (χ3v) is 6.42. The second-order valence-corrected chi connectivity index (χ2v) is 8.92. The minimum atomic E-state index is -0.992. The summed E-state index contributed by atoms with van der Waals surface area (Å²) in [6.45, 7) is 1.96. The van der Waals surface area contributed by atoms with Crippen LogP contribution in [0.15, 0.2) is 97.2 Å². The summed E-state index contributed by atoms with van der Waals surface area (Å²) in [7, 11) is 1.56. The molecule has 0 saturated heterocycles. The maximum absolute atomic E-state index is 13.1. The number of carbonyl (C=O) groups excluding carboxylic acids is 1. The van der Waals surface area contributed by atoms with Gasteiger partial charge in [0.15, 0.2) is 6.10 Å². The number of methoxy groups -OCH3 is 1. The third-order valence-electron chi connectivity index (χ3n) is 6.42. The molecule has 0 radical (unpaired) electrons. The summed E-state index contributed by atoms with van der Waals surface area (Å²) >= 11 is 0. The van der Waals surface area contributed by atoms with Gasteiger partial charge in [-0.05, 0) is 46.9 Å². The molecule has 190 valence electrons. The molecule has 0 aliphatic carbocycles. The van der Waals surface area contributed by atoms with E-state index in [-0.39, 0.29) is 18.0 Å². The van der Waals surface area contributed by atoms with Crippen molar-refractivity contribution in [2.45, 2.75) is 19.4 Å². The quantitative estimate of drug-likeness (QED) is 0.264. The highest BCUT2D eigenvalue weighted by molar-refractivity contribution is 5.96. The van der Waals surface area contributed by atoms with Gasteiger partial charge in [0.2, 0.25) is 5.88 Å². The van der Waals surface area contributed by atoms with Crippen LogP contribution in [0.3, 0.4) is 0 Å². The number of imidazole rings is 1. The molecule has 5 rings (SSSR count). The molecule has 0 bridgehead atoms. The molecule has 3 aromatic carbocycles. The number of carbonyl (C=O) groups is 2. The van der Waals surface area contributed by atoms with Crippen LogP contribution in [0.25, 0.3) is 16.8 Å². The molecule has 2 aromatic heterocycles. The Labute approximate surface area is 219 Å².